The number of aryl methyl sites for hydroxylation is 2. The van der Waals surface area contributed by atoms with Crippen molar-refractivity contribution in [3.8, 4) is 0 Å². The van der Waals surface area contributed by atoms with Gasteiger partial charge in [0, 0.05) is 19.5 Å². The molecule has 0 aliphatic carbocycles. The summed E-state index contributed by atoms with van der Waals surface area (Å²) in [4.78, 5) is 4.75. The highest BCUT2D eigenvalue weighted by Crippen LogP contribution is 2.21. The van der Waals surface area contributed by atoms with Gasteiger partial charge in [-0.25, -0.2) is 4.98 Å². The molecule has 3 nitrogen and oxygen atoms in total. The molecule has 2 rings (SSSR count). The summed E-state index contributed by atoms with van der Waals surface area (Å²) in [5, 5.41) is 3.38. The van der Waals surface area contributed by atoms with Crippen molar-refractivity contribution in [2.75, 3.05) is 13.1 Å². The summed E-state index contributed by atoms with van der Waals surface area (Å²) in [5.74, 6) is 1.60. The lowest BCUT2D eigenvalue weighted by atomic mass is 10.1. The van der Waals surface area contributed by atoms with Crippen LogP contribution in [0.2, 0.25) is 0 Å². The first kappa shape index (κ1) is 12.1. The molecule has 2 aromatic rings. The zero-order valence-electron chi connectivity index (χ0n) is 11.1. The van der Waals surface area contributed by atoms with Crippen LogP contribution in [0.1, 0.15) is 31.2 Å². The number of likely N-dealkylation sites (N-methyl/N-ethyl adjacent to an activating group) is 1. The van der Waals surface area contributed by atoms with E-state index in [4.69, 9.17) is 4.98 Å². The van der Waals surface area contributed by atoms with E-state index in [-0.39, 0.29) is 0 Å². The van der Waals surface area contributed by atoms with Crippen molar-refractivity contribution in [3.05, 3.63) is 29.6 Å². The Labute approximate surface area is 103 Å². The van der Waals surface area contributed by atoms with E-state index in [9.17, 15) is 0 Å². The lowest BCUT2D eigenvalue weighted by Gasteiger charge is -2.11. The largest absolute Gasteiger partial charge is 0.331 e. The molecule has 0 fully saturated rings. The molecule has 0 spiro atoms. The SMILES string of the molecule is CCNCC(C)c1nc2cc(C)ccc2n1C. The van der Waals surface area contributed by atoms with Gasteiger partial charge in [0.15, 0.2) is 0 Å². The van der Waals surface area contributed by atoms with Crippen LogP contribution in [0.4, 0.5) is 0 Å². The van der Waals surface area contributed by atoms with Crippen molar-refractivity contribution in [1.82, 2.24) is 14.9 Å². The monoisotopic (exact) mass is 231 g/mol. The molecule has 0 radical (unpaired) electrons. The molecular weight excluding hydrogens is 210 g/mol. The molecule has 92 valence electrons. The predicted octanol–water partition coefficient (Wildman–Crippen LogP) is 2.59. The third-order valence-corrected chi connectivity index (χ3v) is 3.21. The van der Waals surface area contributed by atoms with E-state index in [1.165, 1.54) is 11.1 Å². The fourth-order valence-corrected chi connectivity index (χ4v) is 2.22. The number of benzene rings is 1. The van der Waals surface area contributed by atoms with Crippen LogP contribution >= 0.6 is 0 Å². The number of nitrogens with one attached hydrogen (secondary N) is 1. The third kappa shape index (κ3) is 2.34. The Morgan fingerprint density at radius 2 is 2.18 bits per heavy atom. The second-order valence-corrected chi connectivity index (χ2v) is 4.73. The van der Waals surface area contributed by atoms with Crippen LogP contribution in [0, 0.1) is 6.92 Å². The fraction of sp³-hybridized carbons (Fsp3) is 0.500. The van der Waals surface area contributed by atoms with Crippen molar-refractivity contribution in [2.45, 2.75) is 26.7 Å². The summed E-state index contributed by atoms with van der Waals surface area (Å²) in [6.45, 7) is 8.44. The molecule has 0 amide bonds. The zero-order valence-corrected chi connectivity index (χ0v) is 11.1. The van der Waals surface area contributed by atoms with Gasteiger partial charge in [-0.05, 0) is 31.2 Å². The van der Waals surface area contributed by atoms with Gasteiger partial charge < -0.3 is 9.88 Å². The van der Waals surface area contributed by atoms with E-state index >= 15 is 0 Å². The van der Waals surface area contributed by atoms with Gasteiger partial charge in [0.25, 0.3) is 0 Å². The molecule has 17 heavy (non-hydrogen) atoms. The van der Waals surface area contributed by atoms with Crippen LogP contribution in [0.3, 0.4) is 0 Å². The van der Waals surface area contributed by atoms with Gasteiger partial charge in [0.05, 0.1) is 11.0 Å². The van der Waals surface area contributed by atoms with Crippen LogP contribution in [-0.4, -0.2) is 22.6 Å². The highest BCUT2D eigenvalue weighted by molar-refractivity contribution is 5.76. The van der Waals surface area contributed by atoms with Crippen molar-refractivity contribution < 1.29 is 0 Å². The Morgan fingerprint density at radius 3 is 2.88 bits per heavy atom. The van der Waals surface area contributed by atoms with Crippen LogP contribution < -0.4 is 5.32 Å². The quantitative estimate of drug-likeness (QED) is 0.876. The number of hydrogen-bond acceptors (Lipinski definition) is 2. The summed E-state index contributed by atoms with van der Waals surface area (Å²) in [5.41, 5.74) is 3.58. The lowest BCUT2D eigenvalue weighted by Crippen LogP contribution is -2.21. The van der Waals surface area contributed by atoms with Crippen molar-refractivity contribution in [3.63, 3.8) is 0 Å². The lowest BCUT2D eigenvalue weighted by molar-refractivity contribution is 0.593. The Morgan fingerprint density at radius 1 is 1.41 bits per heavy atom. The molecule has 1 heterocycles. The van der Waals surface area contributed by atoms with Gasteiger partial charge in [0.2, 0.25) is 0 Å². The first-order valence-electron chi connectivity index (χ1n) is 6.27. The van der Waals surface area contributed by atoms with Gasteiger partial charge in [0.1, 0.15) is 5.82 Å². The Hall–Kier alpha value is -1.35. The summed E-state index contributed by atoms with van der Waals surface area (Å²) >= 11 is 0. The summed E-state index contributed by atoms with van der Waals surface area (Å²) < 4.78 is 2.21. The number of aromatic nitrogens is 2. The van der Waals surface area contributed by atoms with Crippen LogP contribution in [0.5, 0.6) is 0 Å². The van der Waals surface area contributed by atoms with E-state index in [2.05, 4.69) is 55.9 Å². The normalized spacial score (nSPS) is 13.2. The molecular formula is C14H21N3. The zero-order chi connectivity index (χ0) is 12.4. The van der Waals surface area contributed by atoms with Crippen LogP contribution in [0.25, 0.3) is 11.0 Å². The molecule has 0 aliphatic heterocycles. The third-order valence-electron chi connectivity index (χ3n) is 3.21. The summed E-state index contributed by atoms with van der Waals surface area (Å²) in [6, 6.07) is 6.45. The standard InChI is InChI=1S/C14H21N3/c1-5-15-9-11(3)14-16-12-8-10(2)6-7-13(12)17(14)4/h6-8,11,15H,5,9H2,1-4H3. The Kier molecular flexibility index (Phi) is 3.48. The fourth-order valence-electron chi connectivity index (χ4n) is 2.22. The van der Waals surface area contributed by atoms with Crippen molar-refractivity contribution >= 4 is 11.0 Å². The topological polar surface area (TPSA) is 29.9 Å². The average molecular weight is 231 g/mol. The van der Waals surface area contributed by atoms with Crippen LogP contribution in [0.15, 0.2) is 18.2 Å². The minimum Gasteiger partial charge on any atom is -0.331 e. The van der Waals surface area contributed by atoms with Gasteiger partial charge in [-0.3, -0.25) is 0 Å². The Bertz CT molecular complexity index is 513. The van der Waals surface area contributed by atoms with Gasteiger partial charge in [-0.15, -0.1) is 0 Å². The van der Waals surface area contributed by atoms with E-state index in [0.29, 0.717) is 5.92 Å². The molecule has 0 bridgehead atoms. The van der Waals surface area contributed by atoms with Crippen LogP contribution in [-0.2, 0) is 7.05 Å². The number of fused-ring (bicyclic) bond motifs is 1. The van der Waals surface area contributed by atoms with E-state index in [1.807, 2.05) is 0 Å². The predicted molar refractivity (Wildman–Crippen MR) is 72.4 cm³/mol. The molecule has 1 aromatic heterocycles. The Balaban J connectivity index is 2.37. The maximum absolute atomic E-state index is 4.75. The van der Waals surface area contributed by atoms with Gasteiger partial charge >= 0.3 is 0 Å². The van der Waals surface area contributed by atoms with Crippen molar-refractivity contribution in [1.29, 1.82) is 0 Å². The second-order valence-electron chi connectivity index (χ2n) is 4.73. The van der Waals surface area contributed by atoms with E-state index in [0.717, 1.165) is 24.4 Å². The average Bonchev–Trinajstić information content (AvgIpc) is 2.63. The van der Waals surface area contributed by atoms with E-state index < -0.39 is 0 Å². The molecule has 1 aromatic carbocycles. The molecule has 0 saturated carbocycles. The smallest absolute Gasteiger partial charge is 0.113 e. The molecule has 1 unspecified atom stereocenters. The minimum atomic E-state index is 0.438. The number of imidazole rings is 1. The second kappa shape index (κ2) is 4.88. The highest BCUT2D eigenvalue weighted by Gasteiger charge is 2.13. The summed E-state index contributed by atoms with van der Waals surface area (Å²) in [6.07, 6.45) is 0. The first-order chi connectivity index (χ1) is 8.13. The number of hydrogen-bond donors (Lipinski definition) is 1. The molecule has 0 saturated heterocycles. The van der Waals surface area contributed by atoms with Gasteiger partial charge in [-0.1, -0.05) is 19.9 Å². The highest BCUT2D eigenvalue weighted by atomic mass is 15.1. The van der Waals surface area contributed by atoms with Gasteiger partial charge in [-0.2, -0.15) is 0 Å². The molecule has 1 N–H and O–H groups in total. The number of nitrogens with zero attached hydrogens (tertiary/aromatic N) is 2. The summed E-state index contributed by atoms with van der Waals surface area (Å²) in [7, 11) is 2.10. The van der Waals surface area contributed by atoms with Crippen molar-refractivity contribution in [2.24, 2.45) is 7.05 Å². The molecule has 0 aliphatic rings. The first-order valence-corrected chi connectivity index (χ1v) is 6.27. The minimum absolute atomic E-state index is 0.438. The van der Waals surface area contributed by atoms with E-state index in [1.54, 1.807) is 0 Å². The molecule has 3 heteroatoms. The number of rotatable bonds is 4. The maximum Gasteiger partial charge on any atom is 0.113 e. The molecule has 1 atom stereocenters. The maximum atomic E-state index is 4.75.